The molecule has 3 nitrogen and oxygen atoms in total. The van der Waals surface area contributed by atoms with Crippen LogP contribution < -0.4 is 5.32 Å². The summed E-state index contributed by atoms with van der Waals surface area (Å²) < 4.78 is 0. The highest BCUT2D eigenvalue weighted by Gasteiger charge is 2.24. The van der Waals surface area contributed by atoms with Crippen LogP contribution in [-0.4, -0.2) is 37.0 Å². The Bertz CT molecular complexity index is 245. The molecule has 0 spiro atoms. The fourth-order valence-electron chi connectivity index (χ4n) is 2.99. The molecule has 0 aromatic rings. The van der Waals surface area contributed by atoms with Crippen molar-refractivity contribution in [3.05, 3.63) is 0 Å². The Kier molecular flexibility index (Phi) is 6.69. The molecule has 1 N–H and O–H groups in total. The van der Waals surface area contributed by atoms with Crippen molar-refractivity contribution in [2.24, 2.45) is 11.8 Å². The minimum Gasteiger partial charge on any atom is -0.343 e. The zero-order chi connectivity index (χ0) is 13.5. The van der Waals surface area contributed by atoms with Crippen molar-refractivity contribution in [3.63, 3.8) is 0 Å². The van der Waals surface area contributed by atoms with Gasteiger partial charge in [-0.3, -0.25) is 4.79 Å². The standard InChI is InChI=1S/C15H30N2O/c1-5-14(6-2)17(4)15(18)10-12(3)13-8-7-9-16-11-13/h12-14,16H,5-11H2,1-4H3. The predicted molar refractivity (Wildman–Crippen MR) is 76.5 cm³/mol. The van der Waals surface area contributed by atoms with E-state index in [-0.39, 0.29) is 0 Å². The molecule has 1 amide bonds. The molecule has 106 valence electrons. The van der Waals surface area contributed by atoms with Crippen LogP contribution in [0.15, 0.2) is 0 Å². The summed E-state index contributed by atoms with van der Waals surface area (Å²) in [6.07, 6.45) is 5.34. The number of carbonyl (C=O) groups excluding carboxylic acids is 1. The molecule has 18 heavy (non-hydrogen) atoms. The van der Waals surface area contributed by atoms with Crippen molar-refractivity contribution in [2.75, 3.05) is 20.1 Å². The minimum atomic E-state index is 0.321. The van der Waals surface area contributed by atoms with Gasteiger partial charge < -0.3 is 10.2 Å². The van der Waals surface area contributed by atoms with Crippen LogP contribution in [-0.2, 0) is 4.79 Å². The quantitative estimate of drug-likeness (QED) is 0.790. The smallest absolute Gasteiger partial charge is 0.222 e. The summed E-state index contributed by atoms with van der Waals surface area (Å²) in [6, 6.07) is 0.411. The number of amides is 1. The van der Waals surface area contributed by atoms with Crippen molar-refractivity contribution in [1.29, 1.82) is 0 Å². The summed E-state index contributed by atoms with van der Waals surface area (Å²) in [5.74, 6) is 1.50. The number of piperidine rings is 1. The molecule has 1 fully saturated rings. The molecule has 1 rings (SSSR count). The van der Waals surface area contributed by atoms with Gasteiger partial charge in [0.15, 0.2) is 0 Å². The summed E-state index contributed by atoms with van der Waals surface area (Å²) in [5, 5.41) is 3.44. The first-order valence-electron chi connectivity index (χ1n) is 7.56. The van der Waals surface area contributed by atoms with Crippen molar-refractivity contribution < 1.29 is 4.79 Å². The highest BCUT2D eigenvalue weighted by Crippen LogP contribution is 2.23. The van der Waals surface area contributed by atoms with Gasteiger partial charge in [0.05, 0.1) is 0 Å². The van der Waals surface area contributed by atoms with E-state index in [4.69, 9.17) is 0 Å². The Labute approximate surface area is 112 Å². The van der Waals surface area contributed by atoms with E-state index >= 15 is 0 Å². The van der Waals surface area contributed by atoms with Gasteiger partial charge in [-0.25, -0.2) is 0 Å². The number of hydrogen-bond acceptors (Lipinski definition) is 2. The van der Waals surface area contributed by atoms with E-state index in [1.165, 1.54) is 12.8 Å². The van der Waals surface area contributed by atoms with E-state index in [0.717, 1.165) is 25.9 Å². The molecule has 1 aliphatic heterocycles. The van der Waals surface area contributed by atoms with Gasteiger partial charge >= 0.3 is 0 Å². The zero-order valence-electron chi connectivity index (χ0n) is 12.5. The van der Waals surface area contributed by atoms with Gasteiger partial charge in [-0.05, 0) is 50.6 Å². The third kappa shape index (κ3) is 4.27. The lowest BCUT2D eigenvalue weighted by Gasteiger charge is -2.31. The number of nitrogens with one attached hydrogen (secondary N) is 1. The second-order valence-corrected chi connectivity index (χ2v) is 5.76. The molecule has 2 atom stereocenters. The molecule has 1 aliphatic rings. The van der Waals surface area contributed by atoms with Crippen LogP contribution in [0, 0.1) is 11.8 Å². The summed E-state index contributed by atoms with van der Waals surface area (Å²) in [4.78, 5) is 14.2. The Hall–Kier alpha value is -0.570. The maximum Gasteiger partial charge on any atom is 0.222 e. The molecule has 0 bridgehead atoms. The van der Waals surface area contributed by atoms with Gasteiger partial charge in [0, 0.05) is 19.5 Å². The third-order valence-electron chi connectivity index (χ3n) is 4.52. The third-order valence-corrected chi connectivity index (χ3v) is 4.52. The number of hydrogen-bond donors (Lipinski definition) is 1. The SMILES string of the molecule is CCC(CC)N(C)C(=O)CC(C)C1CCCNC1. The largest absolute Gasteiger partial charge is 0.343 e. The van der Waals surface area contributed by atoms with Crippen molar-refractivity contribution in [3.8, 4) is 0 Å². The van der Waals surface area contributed by atoms with Crippen LogP contribution >= 0.6 is 0 Å². The van der Waals surface area contributed by atoms with E-state index in [9.17, 15) is 4.79 Å². The van der Waals surface area contributed by atoms with Crippen molar-refractivity contribution in [1.82, 2.24) is 10.2 Å². The molecular formula is C15H30N2O. The zero-order valence-corrected chi connectivity index (χ0v) is 12.5. The Morgan fingerprint density at radius 1 is 1.39 bits per heavy atom. The van der Waals surface area contributed by atoms with E-state index in [1.54, 1.807) is 0 Å². The first-order valence-corrected chi connectivity index (χ1v) is 7.56. The molecule has 0 saturated carbocycles. The van der Waals surface area contributed by atoms with Crippen LogP contribution in [0.1, 0.15) is 52.9 Å². The van der Waals surface area contributed by atoms with Gasteiger partial charge in [0.1, 0.15) is 0 Å². The average Bonchev–Trinajstić information content (AvgIpc) is 2.40. The predicted octanol–water partition coefficient (Wildman–Crippen LogP) is 2.66. The topological polar surface area (TPSA) is 32.3 Å². The molecule has 1 saturated heterocycles. The number of rotatable bonds is 6. The van der Waals surface area contributed by atoms with E-state index in [1.807, 2.05) is 11.9 Å². The van der Waals surface area contributed by atoms with Gasteiger partial charge in [0.2, 0.25) is 5.91 Å². The van der Waals surface area contributed by atoms with E-state index in [0.29, 0.717) is 30.2 Å². The fraction of sp³-hybridized carbons (Fsp3) is 0.933. The summed E-state index contributed by atoms with van der Waals surface area (Å²) >= 11 is 0. The summed E-state index contributed by atoms with van der Waals surface area (Å²) in [6.45, 7) is 8.78. The maximum atomic E-state index is 12.3. The molecule has 3 heteroatoms. The minimum absolute atomic E-state index is 0.321. The lowest BCUT2D eigenvalue weighted by Crippen LogP contribution is -2.39. The fourth-order valence-corrected chi connectivity index (χ4v) is 2.99. The first kappa shape index (κ1) is 15.5. The lowest BCUT2D eigenvalue weighted by molar-refractivity contribution is -0.133. The molecule has 0 aromatic carbocycles. The Morgan fingerprint density at radius 3 is 2.56 bits per heavy atom. The molecule has 0 aromatic heterocycles. The first-order chi connectivity index (χ1) is 8.60. The van der Waals surface area contributed by atoms with Gasteiger partial charge in [-0.1, -0.05) is 20.8 Å². The normalized spacial score (nSPS) is 21.9. The Morgan fingerprint density at radius 2 is 2.06 bits per heavy atom. The van der Waals surface area contributed by atoms with Crippen LogP contribution in [0.25, 0.3) is 0 Å². The van der Waals surface area contributed by atoms with Crippen LogP contribution in [0.3, 0.4) is 0 Å². The van der Waals surface area contributed by atoms with E-state index < -0.39 is 0 Å². The van der Waals surface area contributed by atoms with E-state index in [2.05, 4.69) is 26.1 Å². The van der Waals surface area contributed by atoms with Crippen LogP contribution in [0.4, 0.5) is 0 Å². The number of nitrogens with zero attached hydrogens (tertiary/aromatic N) is 1. The van der Waals surface area contributed by atoms with Gasteiger partial charge in [-0.2, -0.15) is 0 Å². The summed E-state index contributed by atoms with van der Waals surface area (Å²) in [5.41, 5.74) is 0. The monoisotopic (exact) mass is 254 g/mol. The second-order valence-electron chi connectivity index (χ2n) is 5.76. The highest BCUT2D eigenvalue weighted by atomic mass is 16.2. The molecule has 0 aliphatic carbocycles. The molecule has 1 heterocycles. The van der Waals surface area contributed by atoms with Gasteiger partial charge in [-0.15, -0.1) is 0 Å². The summed E-state index contributed by atoms with van der Waals surface area (Å²) in [7, 11) is 1.96. The maximum absolute atomic E-state index is 12.3. The van der Waals surface area contributed by atoms with Crippen molar-refractivity contribution >= 4 is 5.91 Å². The average molecular weight is 254 g/mol. The Balaban J connectivity index is 2.42. The molecule has 2 unspecified atom stereocenters. The molecule has 0 radical (unpaired) electrons. The second kappa shape index (κ2) is 7.78. The van der Waals surface area contributed by atoms with Gasteiger partial charge in [0.25, 0.3) is 0 Å². The van der Waals surface area contributed by atoms with Crippen molar-refractivity contribution in [2.45, 2.75) is 58.9 Å². The van der Waals surface area contributed by atoms with Crippen LogP contribution in [0.5, 0.6) is 0 Å². The molecular weight excluding hydrogens is 224 g/mol. The van der Waals surface area contributed by atoms with Crippen LogP contribution in [0.2, 0.25) is 0 Å². The lowest BCUT2D eigenvalue weighted by atomic mass is 9.85. The highest BCUT2D eigenvalue weighted by molar-refractivity contribution is 5.76. The number of carbonyl (C=O) groups is 1.